The Bertz CT molecular complexity index is 1470. The number of ether oxygens (including phenoxy) is 1. The molecule has 3 aromatic rings. The summed E-state index contributed by atoms with van der Waals surface area (Å²) < 4.78 is 5.95. The van der Waals surface area contributed by atoms with Crippen molar-refractivity contribution in [2.24, 2.45) is 11.8 Å². The van der Waals surface area contributed by atoms with E-state index in [0.717, 1.165) is 11.3 Å². The van der Waals surface area contributed by atoms with Gasteiger partial charge in [0.2, 0.25) is 11.8 Å². The van der Waals surface area contributed by atoms with Gasteiger partial charge in [0.25, 0.3) is 0 Å². The highest BCUT2D eigenvalue weighted by atomic mass is 79.9. The number of Topliss-reactive ketones (excluding diaryl/α,β-unsaturated/α-hetero) is 1. The van der Waals surface area contributed by atoms with E-state index in [-0.39, 0.29) is 11.7 Å². The van der Waals surface area contributed by atoms with Crippen molar-refractivity contribution in [3.8, 4) is 5.75 Å². The zero-order chi connectivity index (χ0) is 25.1. The fourth-order valence-corrected chi connectivity index (χ4v) is 6.40. The third-order valence-electron chi connectivity index (χ3n) is 7.19. The molecule has 0 aromatic heterocycles. The number of para-hydroxylation sites is 1. The van der Waals surface area contributed by atoms with E-state index in [4.69, 9.17) is 16.3 Å². The van der Waals surface area contributed by atoms with Gasteiger partial charge in [-0.25, -0.2) is 4.90 Å². The summed E-state index contributed by atoms with van der Waals surface area (Å²) in [4.78, 5) is 45.0. The number of fused-ring (bicyclic) bond motifs is 5. The third-order valence-corrected chi connectivity index (χ3v) is 8.04. The van der Waals surface area contributed by atoms with Crippen LogP contribution in [-0.2, 0) is 9.59 Å². The molecule has 2 fully saturated rings. The Morgan fingerprint density at radius 2 is 1.75 bits per heavy atom. The number of amides is 2. The zero-order valence-electron chi connectivity index (χ0n) is 19.1. The molecule has 3 heterocycles. The topological polar surface area (TPSA) is 66.9 Å². The SMILES string of the molecule is COc1ccc(C(=O)[C@@H]2[C@@H]3C(=O)N(c4cccc(Cl)c4)C(=O)[C@H]3[C@H]3C=Cc4ccccc4N32)cc1Br. The molecule has 6 nitrogen and oxygen atoms in total. The molecule has 0 saturated carbocycles. The number of halogens is 2. The molecule has 180 valence electrons. The van der Waals surface area contributed by atoms with E-state index in [0.29, 0.717) is 26.5 Å². The van der Waals surface area contributed by atoms with Crippen molar-refractivity contribution in [3.05, 3.63) is 93.4 Å². The lowest BCUT2D eigenvalue weighted by Gasteiger charge is -2.36. The van der Waals surface area contributed by atoms with Crippen LogP contribution in [0.15, 0.2) is 77.3 Å². The summed E-state index contributed by atoms with van der Waals surface area (Å²) in [5.74, 6) is -1.88. The molecule has 0 spiro atoms. The molecular formula is C28H20BrClN2O4. The lowest BCUT2D eigenvalue weighted by atomic mass is 9.86. The number of benzene rings is 3. The van der Waals surface area contributed by atoms with Crippen molar-refractivity contribution in [2.45, 2.75) is 12.1 Å². The van der Waals surface area contributed by atoms with Crippen LogP contribution < -0.4 is 14.5 Å². The first-order chi connectivity index (χ1) is 17.4. The van der Waals surface area contributed by atoms with Gasteiger partial charge in [-0.3, -0.25) is 14.4 Å². The molecule has 0 N–H and O–H groups in total. The molecular weight excluding hydrogens is 544 g/mol. The van der Waals surface area contributed by atoms with Crippen molar-refractivity contribution in [2.75, 3.05) is 16.9 Å². The van der Waals surface area contributed by atoms with Gasteiger partial charge < -0.3 is 9.64 Å². The molecule has 8 heteroatoms. The normalized spacial score (nSPS) is 24.0. The van der Waals surface area contributed by atoms with Crippen LogP contribution in [-0.4, -0.2) is 36.8 Å². The molecule has 0 bridgehead atoms. The summed E-state index contributed by atoms with van der Waals surface area (Å²) in [7, 11) is 1.55. The Hall–Kier alpha value is -3.42. The highest BCUT2D eigenvalue weighted by Gasteiger charge is 2.64. The molecule has 3 aliphatic rings. The molecule has 36 heavy (non-hydrogen) atoms. The summed E-state index contributed by atoms with van der Waals surface area (Å²) in [5, 5.41) is 0.425. The average Bonchev–Trinajstić information content (AvgIpc) is 3.36. The summed E-state index contributed by atoms with van der Waals surface area (Å²) in [6.45, 7) is 0. The van der Waals surface area contributed by atoms with Crippen molar-refractivity contribution in [3.63, 3.8) is 0 Å². The van der Waals surface area contributed by atoms with Crippen molar-refractivity contribution >= 4 is 62.6 Å². The van der Waals surface area contributed by atoms with Crippen LogP contribution in [0.25, 0.3) is 6.08 Å². The Balaban J connectivity index is 1.49. The lowest BCUT2D eigenvalue weighted by molar-refractivity contribution is -0.122. The predicted octanol–water partition coefficient (Wildman–Crippen LogP) is 5.38. The van der Waals surface area contributed by atoms with Crippen LogP contribution >= 0.6 is 27.5 Å². The van der Waals surface area contributed by atoms with Gasteiger partial charge in [0, 0.05) is 16.3 Å². The van der Waals surface area contributed by atoms with Gasteiger partial charge in [0.05, 0.1) is 35.1 Å². The van der Waals surface area contributed by atoms with Crippen LogP contribution in [0.1, 0.15) is 15.9 Å². The Morgan fingerprint density at radius 1 is 0.972 bits per heavy atom. The minimum Gasteiger partial charge on any atom is -0.496 e. The second kappa shape index (κ2) is 8.61. The van der Waals surface area contributed by atoms with E-state index < -0.39 is 29.8 Å². The minimum absolute atomic E-state index is 0.227. The van der Waals surface area contributed by atoms with E-state index in [1.165, 1.54) is 4.90 Å². The molecule has 3 aromatic carbocycles. The number of methoxy groups -OCH3 is 1. The highest BCUT2D eigenvalue weighted by molar-refractivity contribution is 9.10. The number of hydrogen-bond donors (Lipinski definition) is 0. The Kier molecular flexibility index (Phi) is 5.50. The van der Waals surface area contributed by atoms with Crippen molar-refractivity contribution in [1.82, 2.24) is 0 Å². The summed E-state index contributed by atoms with van der Waals surface area (Å²) >= 11 is 9.63. The maximum Gasteiger partial charge on any atom is 0.240 e. The number of anilines is 2. The first-order valence-electron chi connectivity index (χ1n) is 11.5. The molecule has 3 aliphatic heterocycles. The van der Waals surface area contributed by atoms with Gasteiger partial charge in [-0.2, -0.15) is 0 Å². The largest absolute Gasteiger partial charge is 0.496 e. The average molecular weight is 564 g/mol. The Morgan fingerprint density at radius 3 is 2.50 bits per heavy atom. The number of ketones is 1. The quantitative estimate of drug-likeness (QED) is 0.315. The number of carbonyl (C=O) groups excluding carboxylic acids is 3. The third kappa shape index (κ3) is 3.33. The van der Waals surface area contributed by atoms with E-state index in [1.807, 2.05) is 41.3 Å². The van der Waals surface area contributed by atoms with E-state index >= 15 is 0 Å². The van der Waals surface area contributed by atoms with Crippen LogP contribution in [0.5, 0.6) is 5.75 Å². The Labute approximate surface area is 221 Å². The van der Waals surface area contributed by atoms with Crippen molar-refractivity contribution in [1.29, 1.82) is 0 Å². The van der Waals surface area contributed by atoms with Crippen LogP contribution in [0.2, 0.25) is 5.02 Å². The van der Waals surface area contributed by atoms with E-state index in [2.05, 4.69) is 15.9 Å². The molecule has 0 unspecified atom stereocenters. The van der Waals surface area contributed by atoms with Gasteiger partial charge >= 0.3 is 0 Å². The van der Waals surface area contributed by atoms with Gasteiger partial charge in [-0.15, -0.1) is 0 Å². The highest BCUT2D eigenvalue weighted by Crippen LogP contribution is 2.50. The number of rotatable bonds is 4. The lowest BCUT2D eigenvalue weighted by Crippen LogP contribution is -2.48. The smallest absolute Gasteiger partial charge is 0.240 e. The van der Waals surface area contributed by atoms with Crippen LogP contribution in [0, 0.1) is 11.8 Å². The molecule has 0 aliphatic carbocycles. The van der Waals surface area contributed by atoms with Gasteiger partial charge in [-0.05, 0) is 64.0 Å². The minimum atomic E-state index is -0.855. The van der Waals surface area contributed by atoms with Crippen LogP contribution in [0.4, 0.5) is 11.4 Å². The first-order valence-corrected chi connectivity index (χ1v) is 12.6. The number of hydrogen-bond acceptors (Lipinski definition) is 5. The maximum absolute atomic E-state index is 14.1. The first kappa shape index (κ1) is 23.0. The van der Waals surface area contributed by atoms with Crippen molar-refractivity contribution < 1.29 is 19.1 Å². The summed E-state index contributed by atoms with van der Waals surface area (Å²) in [6, 6.07) is 18.2. The fraction of sp³-hybridized carbons (Fsp3) is 0.179. The zero-order valence-corrected chi connectivity index (χ0v) is 21.4. The number of imide groups is 1. The summed E-state index contributed by atoms with van der Waals surface area (Å²) in [5.41, 5.74) is 2.62. The van der Waals surface area contributed by atoms with E-state index in [9.17, 15) is 14.4 Å². The molecule has 4 atom stereocenters. The second-order valence-corrected chi connectivity index (χ2v) is 10.3. The monoisotopic (exact) mass is 562 g/mol. The predicted molar refractivity (Wildman–Crippen MR) is 141 cm³/mol. The van der Waals surface area contributed by atoms with Crippen LogP contribution in [0.3, 0.4) is 0 Å². The van der Waals surface area contributed by atoms with Gasteiger partial charge in [0.1, 0.15) is 11.8 Å². The fourth-order valence-electron chi connectivity index (χ4n) is 5.67. The maximum atomic E-state index is 14.1. The molecule has 6 rings (SSSR count). The second-order valence-electron chi connectivity index (χ2n) is 9.02. The van der Waals surface area contributed by atoms with Gasteiger partial charge in [-0.1, -0.05) is 48.0 Å². The number of nitrogens with zero attached hydrogens (tertiary/aromatic N) is 2. The standard InChI is InChI=1S/C28H20BrClN2O4/c1-36-22-12-10-16(13-19(22)29)26(33)25-24-23(21-11-9-15-5-2-3-8-20(15)32(21)25)27(34)31(28(24)35)18-7-4-6-17(30)14-18/h2-14,21,23-25H,1H3/t21-,23+,24-,25+/m1/s1. The van der Waals surface area contributed by atoms with Gasteiger partial charge in [0.15, 0.2) is 5.78 Å². The van der Waals surface area contributed by atoms with E-state index in [1.54, 1.807) is 49.6 Å². The number of carbonyl (C=O) groups is 3. The molecule has 2 amide bonds. The molecule has 2 saturated heterocycles. The summed E-state index contributed by atoms with van der Waals surface area (Å²) in [6.07, 6.45) is 3.90. The molecule has 0 radical (unpaired) electrons.